The second-order valence-corrected chi connectivity index (χ2v) is 10.1. The van der Waals surface area contributed by atoms with Crippen LogP contribution < -0.4 is 4.74 Å². The van der Waals surface area contributed by atoms with Crippen molar-refractivity contribution in [2.45, 2.75) is 26.4 Å². The van der Waals surface area contributed by atoms with E-state index in [-0.39, 0.29) is 46.7 Å². The molecular weight excluding hydrogens is 489 g/mol. The summed E-state index contributed by atoms with van der Waals surface area (Å²) in [5.41, 5.74) is 2.01. The summed E-state index contributed by atoms with van der Waals surface area (Å²) in [5.74, 6) is 0.396. The van der Waals surface area contributed by atoms with E-state index in [1.807, 2.05) is 0 Å². The van der Waals surface area contributed by atoms with Gasteiger partial charge in [0.25, 0.3) is 0 Å². The minimum absolute atomic E-state index is 0.0232. The molecule has 0 bridgehead atoms. The fourth-order valence-electron chi connectivity index (χ4n) is 3.25. The fraction of sp³-hybridized carbons (Fsp3) is 0.250. The molecule has 1 N–H and O–H groups in total. The van der Waals surface area contributed by atoms with Gasteiger partial charge in [0, 0.05) is 12.0 Å². The zero-order valence-corrected chi connectivity index (χ0v) is 20.6. The third-order valence-corrected chi connectivity index (χ3v) is 7.28. The molecule has 0 amide bonds. The van der Waals surface area contributed by atoms with Crippen LogP contribution in [0.3, 0.4) is 0 Å². The summed E-state index contributed by atoms with van der Waals surface area (Å²) in [6, 6.07) is 14.0. The van der Waals surface area contributed by atoms with Crippen LogP contribution in [0.4, 0.5) is 4.39 Å². The quantitative estimate of drug-likeness (QED) is 0.279. The molecule has 0 aliphatic rings. The number of ether oxygens (including phenoxy) is 1. The van der Waals surface area contributed by atoms with Crippen molar-refractivity contribution in [1.82, 2.24) is 0 Å². The average Bonchev–Trinajstić information content (AvgIpc) is 2.75. The predicted molar refractivity (Wildman–Crippen MR) is 128 cm³/mol. The first-order valence-corrected chi connectivity index (χ1v) is 12.8. The van der Waals surface area contributed by atoms with Gasteiger partial charge >= 0.3 is 7.60 Å². The van der Waals surface area contributed by atoms with Crippen LogP contribution in [-0.2, 0) is 26.2 Å². The Hall–Kier alpha value is -2.08. The normalized spacial score (nSPS) is 11.5. The lowest BCUT2D eigenvalue weighted by Crippen LogP contribution is -1.99. The van der Waals surface area contributed by atoms with Crippen LogP contribution in [0, 0.1) is 5.82 Å². The molecule has 3 aromatic rings. The summed E-state index contributed by atoms with van der Waals surface area (Å²) >= 11 is 12.8. The van der Waals surface area contributed by atoms with Crippen molar-refractivity contribution >= 4 is 30.8 Å². The summed E-state index contributed by atoms with van der Waals surface area (Å²) < 4.78 is 42.5. The summed E-state index contributed by atoms with van der Waals surface area (Å²) in [5, 5.41) is 10.7. The second-order valence-electron chi connectivity index (χ2n) is 7.19. The highest BCUT2D eigenvalue weighted by Crippen LogP contribution is 2.52. The van der Waals surface area contributed by atoms with Crippen molar-refractivity contribution in [3.63, 3.8) is 0 Å². The van der Waals surface area contributed by atoms with Gasteiger partial charge in [-0.1, -0.05) is 35.3 Å². The Balaban J connectivity index is 1.82. The van der Waals surface area contributed by atoms with E-state index in [1.54, 1.807) is 50.2 Å². The van der Waals surface area contributed by atoms with E-state index in [1.165, 1.54) is 18.2 Å². The molecule has 0 aliphatic heterocycles. The van der Waals surface area contributed by atoms with Gasteiger partial charge in [0.1, 0.15) is 17.3 Å². The molecule has 9 heteroatoms. The van der Waals surface area contributed by atoms with Gasteiger partial charge in [-0.05, 0) is 67.4 Å². The molecule has 3 aromatic carbocycles. The van der Waals surface area contributed by atoms with Crippen LogP contribution in [0.15, 0.2) is 54.6 Å². The maximum atomic E-state index is 13.2. The maximum Gasteiger partial charge on any atom is 0.335 e. The predicted octanol–water partition coefficient (Wildman–Crippen LogP) is 7.99. The third-order valence-electron chi connectivity index (χ3n) is 4.66. The molecule has 0 heterocycles. The van der Waals surface area contributed by atoms with Gasteiger partial charge in [-0.15, -0.1) is 0 Å². The van der Waals surface area contributed by atoms with E-state index in [4.69, 9.17) is 37.0 Å². The smallest absolute Gasteiger partial charge is 0.335 e. The molecule has 0 saturated carbocycles. The lowest BCUT2D eigenvalue weighted by Gasteiger charge is -2.18. The highest BCUT2D eigenvalue weighted by atomic mass is 35.5. The first-order chi connectivity index (χ1) is 15.7. The van der Waals surface area contributed by atoms with Crippen molar-refractivity contribution in [2.24, 2.45) is 0 Å². The van der Waals surface area contributed by atoms with E-state index in [9.17, 15) is 14.1 Å². The van der Waals surface area contributed by atoms with Gasteiger partial charge in [0.15, 0.2) is 5.75 Å². The Bertz CT molecular complexity index is 1120. The van der Waals surface area contributed by atoms with Crippen LogP contribution in [0.5, 0.6) is 17.2 Å². The molecule has 0 unspecified atom stereocenters. The number of halogens is 3. The van der Waals surface area contributed by atoms with Crippen molar-refractivity contribution in [1.29, 1.82) is 0 Å². The third kappa shape index (κ3) is 6.95. The van der Waals surface area contributed by atoms with Crippen LogP contribution in [-0.4, -0.2) is 18.3 Å². The largest absolute Gasteiger partial charge is 0.508 e. The van der Waals surface area contributed by atoms with Gasteiger partial charge < -0.3 is 18.9 Å². The average molecular weight is 513 g/mol. The number of aromatic hydroxyl groups is 1. The number of benzene rings is 3. The number of phenols is 1. The number of hydrogen-bond donors (Lipinski definition) is 1. The Labute approximate surface area is 202 Å². The van der Waals surface area contributed by atoms with Gasteiger partial charge in [-0.25, -0.2) is 4.39 Å². The van der Waals surface area contributed by atoms with Crippen molar-refractivity contribution < 1.29 is 27.8 Å². The van der Waals surface area contributed by atoms with Crippen LogP contribution >= 0.6 is 30.8 Å². The summed E-state index contributed by atoms with van der Waals surface area (Å²) in [4.78, 5) is 0. The Morgan fingerprint density at radius 3 is 2.09 bits per heavy atom. The van der Waals surface area contributed by atoms with Gasteiger partial charge in [-0.3, -0.25) is 4.57 Å². The molecule has 0 aromatic heterocycles. The number of phenolic OH excluding ortho intramolecular Hbond substituents is 1. The summed E-state index contributed by atoms with van der Waals surface area (Å²) in [7, 11) is -3.32. The molecule has 3 rings (SSSR count). The molecule has 0 aliphatic carbocycles. The molecule has 0 saturated heterocycles. The standard InChI is InChI=1S/C24H24Cl2FO5P/c1-3-30-33(29,31-4-2)15-17-12-21(25)24(22(26)13-17)32-20-9-10-23(28)18(14-20)11-16-5-7-19(27)8-6-16/h5-10,12-14,28H,3-4,11,15H2,1-2H3. The highest BCUT2D eigenvalue weighted by molar-refractivity contribution is 7.53. The van der Waals surface area contributed by atoms with Crippen molar-refractivity contribution in [3.8, 4) is 17.2 Å². The van der Waals surface area contributed by atoms with Crippen LogP contribution in [0.1, 0.15) is 30.5 Å². The first kappa shape index (κ1) is 25.5. The molecule has 5 nitrogen and oxygen atoms in total. The Kier molecular flexibility index (Phi) is 8.80. The van der Waals surface area contributed by atoms with Crippen molar-refractivity contribution in [2.75, 3.05) is 13.2 Å². The van der Waals surface area contributed by atoms with E-state index in [0.717, 1.165) is 5.56 Å². The van der Waals surface area contributed by atoms with Crippen molar-refractivity contribution in [3.05, 3.63) is 87.2 Å². The van der Waals surface area contributed by atoms with Crippen LogP contribution in [0.2, 0.25) is 10.0 Å². The molecule has 176 valence electrons. The zero-order chi connectivity index (χ0) is 24.0. The lowest BCUT2D eigenvalue weighted by atomic mass is 10.0. The number of hydrogen-bond acceptors (Lipinski definition) is 5. The van der Waals surface area contributed by atoms with Crippen LogP contribution in [0.25, 0.3) is 0 Å². The minimum Gasteiger partial charge on any atom is -0.508 e. The maximum absolute atomic E-state index is 13.2. The molecular formula is C24H24Cl2FO5P. The topological polar surface area (TPSA) is 65.0 Å². The summed E-state index contributed by atoms with van der Waals surface area (Å²) in [6.07, 6.45) is 0.406. The van der Waals surface area contributed by atoms with E-state index < -0.39 is 7.60 Å². The number of rotatable bonds is 10. The molecule has 33 heavy (non-hydrogen) atoms. The zero-order valence-electron chi connectivity index (χ0n) is 18.2. The SMILES string of the molecule is CCOP(=O)(Cc1cc(Cl)c(Oc2ccc(O)c(Cc3ccc(F)cc3)c2)c(Cl)c1)OCC. The Morgan fingerprint density at radius 1 is 0.909 bits per heavy atom. The first-order valence-electron chi connectivity index (χ1n) is 10.3. The monoisotopic (exact) mass is 512 g/mol. The highest BCUT2D eigenvalue weighted by Gasteiger charge is 2.25. The van der Waals surface area contributed by atoms with Gasteiger partial charge in [0.2, 0.25) is 0 Å². The van der Waals surface area contributed by atoms with E-state index >= 15 is 0 Å². The van der Waals surface area contributed by atoms with E-state index in [0.29, 0.717) is 23.3 Å². The molecule has 0 atom stereocenters. The second kappa shape index (κ2) is 11.4. The molecule has 0 radical (unpaired) electrons. The fourth-order valence-corrected chi connectivity index (χ4v) is 5.54. The molecule has 0 fully saturated rings. The lowest BCUT2D eigenvalue weighted by molar-refractivity contribution is 0.219. The van der Waals surface area contributed by atoms with Gasteiger partial charge in [0.05, 0.1) is 29.4 Å². The van der Waals surface area contributed by atoms with E-state index in [2.05, 4.69) is 0 Å². The molecule has 0 spiro atoms. The summed E-state index contributed by atoms with van der Waals surface area (Å²) in [6.45, 7) is 3.98. The Morgan fingerprint density at radius 2 is 1.52 bits per heavy atom. The minimum atomic E-state index is -3.32. The van der Waals surface area contributed by atoms with Gasteiger partial charge in [-0.2, -0.15) is 0 Å².